The van der Waals surface area contributed by atoms with Gasteiger partial charge in [0.15, 0.2) is 0 Å². The summed E-state index contributed by atoms with van der Waals surface area (Å²) in [7, 11) is 0. The van der Waals surface area contributed by atoms with Crippen LogP contribution in [-0.2, 0) is 36.8 Å². The Morgan fingerprint density at radius 2 is 1.50 bits per heavy atom. The van der Waals surface area contributed by atoms with Crippen LogP contribution in [-0.4, -0.2) is 76.5 Å². The van der Waals surface area contributed by atoms with Crippen LogP contribution in [0.15, 0.2) is 60.7 Å². The van der Waals surface area contributed by atoms with Gasteiger partial charge in [-0.25, -0.2) is 0 Å². The molecule has 42 heavy (non-hydrogen) atoms. The van der Waals surface area contributed by atoms with E-state index in [0.717, 1.165) is 11.1 Å². The van der Waals surface area contributed by atoms with E-state index < -0.39 is 24.2 Å². The molecule has 5 unspecified atom stereocenters. The van der Waals surface area contributed by atoms with Crippen molar-refractivity contribution in [3.63, 3.8) is 0 Å². The quantitative estimate of drug-likeness (QED) is 0.529. The van der Waals surface area contributed by atoms with Gasteiger partial charge in [-0.2, -0.15) is 0 Å². The lowest BCUT2D eigenvalue weighted by Crippen LogP contribution is -2.56. The molecular formula is C33H40N4O5. The van der Waals surface area contributed by atoms with E-state index in [1.54, 1.807) is 9.80 Å². The van der Waals surface area contributed by atoms with Gasteiger partial charge in [0.2, 0.25) is 23.6 Å². The number of nitrogens with one attached hydrogen (secondary N) is 2. The molecule has 0 aliphatic carbocycles. The third kappa shape index (κ3) is 6.89. The number of hydrogen-bond acceptors (Lipinski definition) is 5. The highest BCUT2D eigenvalue weighted by atomic mass is 16.2. The Hall–Kier alpha value is -4.01. The molecule has 3 fully saturated rings. The Bertz CT molecular complexity index is 1300. The summed E-state index contributed by atoms with van der Waals surface area (Å²) in [5.74, 6) is -1.26. The molecule has 0 saturated carbocycles. The predicted octanol–water partition coefficient (Wildman–Crippen LogP) is 2.42. The second kappa shape index (κ2) is 13.3. The van der Waals surface area contributed by atoms with Crippen LogP contribution in [0, 0.1) is 5.92 Å². The second-order valence-electron chi connectivity index (χ2n) is 11.8. The average Bonchev–Trinajstić information content (AvgIpc) is 3.64. The lowest BCUT2D eigenvalue weighted by Gasteiger charge is -2.32. The topological polar surface area (TPSA) is 116 Å². The summed E-state index contributed by atoms with van der Waals surface area (Å²) in [5.41, 5.74) is 1.86. The molecule has 2 N–H and O–H groups in total. The standard InChI is InChI=1S/C33H40N4O5/c1-2-26(38)17-24-19-29-33(42)36-15-9-14-28(36)31(40)34-25(16-22-10-5-3-6-11-22)20-30(39)35-27(32(41)37(29)21-24)18-23-12-7-4-8-13-23/h3-8,10-13,24-25,27-29H,2,9,14-21H2,1H3,(H,34,40)(H,35,39). The second-order valence-corrected chi connectivity index (χ2v) is 11.8. The first kappa shape index (κ1) is 29.5. The summed E-state index contributed by atoms with van der Waals surface area (Å²) in [4.78, 5) is 70.9. The molecule has 3 saturated heterocycles. The first-order valence-electron chi connectivity index (χ1n) is 15.1. The van der Waals surface area contributed by atoms with Gasteiger partial charge in [0.05, 0.1) is 0 Å². The average molecular weight is 573 g/mol. The van der Waals surface area contributed by atoms with Crippen LogP contribution in [0.5, 0.6) is 0 Å². The van der Waals surface area contributed by atoms with Crippen LogP contribution >= 0.6 is 0 Å². The van der Waals surface area contributed by atoms with E-state index in [4.69, 9.17) is 0 Å². The number of carbonyl (C=O) groups excluding carboxylic acids is 5. The molecule has 0 spiro atoms. The summed E-state index contributed by atoms with van der Waals surface area (Å²) < 4.78 is 0. The van der Waals surface area contributed by atoms with E-state index in [1.807, 2.05) is 67.6 Å². The molecule has 222 valence electrons. The summed E-state index contributed by atoms with van der Waals surface area (Å²) in [6.07, 6.45) is 2.97. The van der Waals surface area contributed by atoms with Crippen molar-refractivity contribution in [2.24, 2.45) is 5.92 Å². The number of amides is 4. The largest absolute Gasteiger partial charge is 0.351 e. The molecule has 5 rings (SSSR count). The Morgan fingerprint density at radius 3 is 2.17 bits per heavy atom. The zero-order chi connectivity index (χ0) is 29.6. The Balaban J connectivity index is 1.48. The molecule has 0 aromatic heterocycles. The minimum absolute atomic E-state index is 0.00305. The van der Waals surface area contributed by atoms with Crippen molar-refractivity contribution in [2.75, 3.05) is 13.1 Å². The van der Waals surface area contributed by atoms with E-state index in [-0.39, 0.29) is 54.7 Å². The third-order valence-electron chi connectivity index (χ3n) is 8.72. The molecule has 3 heterocycles. The lowest BCUT2D eigenvalue weighted by molar-refractivity contribution is -0.147. The van der Waals surface area contributed by atoms with Crippen molar-refractivity contribution in [1.82, 2.24) is 20.4 Å². The predicted molar refractivity (Wildman–Crippen MR) is 157 cm³/mol. The van der Waals surface area contributed by atoms with Crippen LogP contribution < -0.4 is 10.6 Å². The van der Waals surface area contributed by atoms with Crippen molar-refractivity contribution in [2.45, 2.75) is 82.5 Å². The molecule has 3 aliphatic heterocycles. The van der Waals surface area contributed by atoms with Gasteiger partial charge in [0, 0.05) is 44.8 Å². The highest BCUT2D eigenvalue weighted by Crippen LogP contribution is 2.31. The van der Waals surface area contributed by atoms with Gasteiger partial charge in [-0.1, -0.05) is 67.6 Å². The molecule has 5 atom stereocenters. The Kier molecular flexibility index (Phi) is 9.35. The van der Waals surface area contributed by atoms with E-state index in [2.05, 4.69) is 10.6 Å². The molecule has 9 nitrogen and oxygen atoms in total. The van der Waals surface area contributed by atoms with Gasteiger partial charge in [-0.15, -0.1) is 0 Å². The first-order chi connectivity index (χ1) is 20.3. The van der Waals surface area contributed by atoms with Gasteiger partial charge in [0.25, 0.3) is 0 Å². The highest BCUT2D eigenvalue weighted by molar-refractivity contribution is 5.96. The van der Waals surface area contributed by atoms with Gasteiger partial charge in [-0.05, 0) is 42.7 Å². The van der Waals surface area contributed by atoms with Crippen molar-refractivity contribution in [3.05, 3.63) is 71.8 Å². The third-order valence-corrected chi connectivity index (χ3v) is 8.72. The number of rotatable bonds is 7. The molecule has 9 heteroatoms. The maximum absolute atomic E-state index is 14.2. The number of benzene rings is 2. The van der Waals surface area contributed by atoms with E-state index >= 15 is 0 Å². The fourth-order valence-corrected chi connectivity index (χ4v) is 6.61. The van der Waals surface area contributed by atoms with Crippen LogP contribution in [0.25, 0.3) is 0 Å². The first-order valence-corrected chi connectivity index (χ1v) is 15.1. The van der Waals surface area contributed by atoms with Crippen LogP contribution in [0.1, 0.15) is 56.6 Å². The molecular weight excluding hydrogens is 532 g/mol. The van der Waals surface area contributed by atoms with E-state index in [0.29, 0.717) is 45.1 Å². The minimum atomic E-state index is -0.890. The summed E-state index contributed by atoms with van der Waals surface area (Å²) in [6.45, 7) is 2.51. The normalized spacial score (nSPS) is 26.8. The summed E-state index contributed by atoms with van der Waals surface area (Å²) >= 11 is 0. The number of ketones is 1. The Labute approximate surface area is 247 Å². The molecule has 2 aromatic carbocycles. The molecule has 0 radical (unpaired) electrons. The SMILES string of the molecule is CCC(=O)CC1CC2C(=O)N3CCCC3C(=O)NC(Cc3ccccc3)CC(=O)NC(Cc3ccccc3)C(=O)N2C1. The number of hydrogen-bond donors (Lipinski definition) is 2. The number of carbonyl (C=O) groups is 5. The monoisotopic (exact) mass is 572 g/mol. The summed E-state index contributed by atoms with van der Waals surface area (Å²) in [5, 5.41) is 6.02. The van der Waals surface area contributed by atoms with Gasteiger partial charge in [0.1, 0.15) is 23.9 Å². The van der Waals surface area contributed by atoms with Crippen molar-refractivity contribution < 1.29 is 24.0 Å². The smallest absolute Gasteiger partial charge is 0.246 e. The van der Waals surface area contributed by atoms with E-state index in [1.165, 1.54) is 0 Å². The Morgan fingerprint density at radius 1 is 0.833 bits per heavy atom. The molecule has 0 bridgehead atoms. The van der Waals surface area contributed by atoms with Gasteiger partial charge in [-0.3, -0.25) is 24.0 Å². The molecule has 2 aromatic rings. The number of nitrogens with zero attached hydrogens (tertiary/aromatic N) is 2. The highest BCUT2D eigenvalue weighted by Gasteiger charge is 2.47. The maximum atomic E-state index is 14.2. The number of Topliss-reactive ketones (excluding diaryl/α,β-unsaturated/α-hetero) is 1. The zero-order valence-electron chi connectivity index (χ0n) is 24.2. The molecule has 4 amide bonds. The van der Waals surface area contributed by atoms with Crippen LogP contribution in [0.3, 0.4) is 0 Å². The lowest BCUT2D eigenvalue weighted by atomic mass is 9.97. The van der Waals surface area contributed by atoms with E-state index in [9.17, 15) is 24.0 Å². The fourth-order valence-electron chi connectivity index (χ4n) is 6.61. The van der Waals surface area contributed by atoms with Crippen molar-refractivity contribution in [3.8, 4) is 0 Å². The zero-order valence-corrected chi connectivity index (χ0v) is 24.2. The molecule has 3 aliphatic rings. The fraction of sp³-hybridized carbons (Fsp3) is 0.485. The van der Waals surface area contributed by atoms with Crippen LogP contribution in [0.4, 0.5) is 0 Å². The van der Waals surface area contributed by atoms with Crippen LogP contribution in [0.2, 0.25) is 0 Å². The number of fused-ring (bicyclic) bond motifs is 2. The van der Waals surface area contributed by atoms with Crippen molar-refractivity contribution in [1.29, 1.82) is 0 Å². The maximum Gasteiger partial charge on any atom is 0.246 e. The minimum Gasteiger partial charge on any atom is -0.351 e. The van der Waals surface area contributed by atoms with Crippen molar-refractivity contribution >= 4 is 29.4 Å². The van der Waals surface area contributed by atoms with Gasteiger partial charge >= 0.3 is 0 Å². The summed E-state index contributed by atoms with van der Waals surface area (Å²) in [6, 6.07) is 16.3. The van der Waals surface area contributed by atoms with Gasteiger partial charge < -0.3 is 20.4 Å².